The third-order valence-electron chi connectivity index (χ3n) is 4.09. The van der Waals surface area contributed by atoms with E-state index in [1.54, 1.807) is 24.3 Å². The zero-order chi connectivity index (χ0) is 21.9. The lowest BCUT2D eigenvalue weighted by atomic mass is 10.1. The average Bonchev–Trinajstić information content (AvgIpc) is 3.09. The van der Waals surface area contributed by atoms with Gasteiger partial charge in [-0.25, -0.2) is 4.98 Å². The molecule has 2 aromatic carbocycles. The first-order valence-corrected chi connectivity index (χ1v) is 9.61. The maximum Gasteiger partial charge on any atom is 0.573 e. The fourth-order valence-electron chi connectivity index (χ4n) is 2.63. The van der Waals surface area contributed by atoms with E-state index in [4.69, 9.17) is 5.26 Å². The Morgan fingerprint density at radius 1 is 1.17 bits per heavy atom. The molecule has 10 heteroatoms. The first-order valence-electron chi connectivity index (χ1n) is 8.79. The van der Waals surface area contributed by atoms with Gasteiger partial charge in [-0.05, 0) is 50.5 Å². The highest BCUT2D eigenvalue weighted by atomic mass is 32.1. The molecule has 0 saturated heterocycles. The fourth-order valence-corrected chi connectivity index (χ4v) is 3.65. The molecule has 0 radical (unpaired) electrons. The molecular weight excluding hydrogens is 417 g/mol. The van der Waals surface area contributed by atoms with E-state index in [1.165, 1.54) is 23.1 Å². The van der Waals surface area contributed by atoms with Gasteiger partial charge in [-0.3, -0.25) is 9.69 Å². The fraction of sp³-hybridized carbons (Fsp3) is 0.250. The SMILES string of the molecule is CN(C)CCN(C(=O)c1ccc(C#N)cc1)c1nc2ccc(OC(F)(F)F)cc2s1. The minimum absolute atomic E-state index is 0.313. The molecule has 1 heterocycles. The van der Waals surface area contributed by atoms with E-state index in [2.05, 4.69) is 9.72 Å². The molecule has 0 N–H and O–H groups in total. The van der Waals surface area contributed by atoms with Gasteiger partial charge in [0.25, 0.3) is 5.91 Å². The predicted molar refractivity (Wildman–Crippen MR) is 108 cm³/mol. The molecule has 0 fully saturated rings. The van der Waals surface area contributed by atoms with Gasteiger partial charge < -0.3 is 9.64 Å². The third-order valence-corrected chi connectivity index (χ3v) is 5.13. The van der Waals surface area contributed by atoms with Crippen molar-refractivity contribution in [2.45, 2.75) is 6.36 Å². The van der Waals surface area contributed by atoms with Crippen molar-refractivity contribution in [1.82, 2.24) is 9.88 Å². The number of likely N-dealkylation sites (N-methyl/N-ethyl adjacent to an activating group) is 1. The molecule has 6 nitrogen and oxygen atoms in total. The van der Waals surface area contributed by atoms with Crippen LogP contribution >= 0.6 is 11.3 Å². The van der Waals surface area contributed by atoms with Gasteiger partial charge in [-0.15, -0.1) is 13.2 Å². The molecule has 0 atom stereocenters. The van der Waals surface area contributed by atoms with Gasteiger partial charge in [0.1, 0.15) is 5.75 Å². The van der Waals surface area contributed by atoms with E-state index < -0.39 is 6.36 Å². The summed E-state index contributed by atoms with van der Waals surface area (Å²) in [5, 5.41) is 9.30. The van der Waals surface area contributed by atoms with Crippen LogP contribution in [0, 0.1) is 11.3 Å². The van der Waals surface area contributed by atoms with E-state index in [0.29, 0.717) is 39.6 Å². The number of anilines is 1. The lowest BCUT2D eigenvalue weighted by Crippen LogP contribution is -2.36. The molecule has 0 aliphatic carbocycles. The quantitative estimate of drug-likeness (QED) is 0.579. The number of hydrogen-bond donors (Lipinski definition) is 0. The number of aromatic nitrogens is 1. The van der Waals surface area contributed by atoms with Crippen molar-refractivity contribution >= 4 is 32.6 Å². The number of ether oxygens (including phenoxy) is 1. The standard InChI is InChI=1S/C20H17F3N4O2S/c1-26(2)9-10-27(18(28)14-5-3-13(12-24)4-6-14)19-25-16-8-7-15(11-17(16)30-19)29-20(21,22)23/h3-8,11H,9-10H2,1-2H3. The Morgan fingerprint density at radius 2 is 1.87 bits per heavy atom. The first kappa shape index (κ1) is 21.5. The molecule has 3 rings (SSSR count). The van der Waals surface area contributed by atoms with Crippen molar-refractivity contribution < 1.29 is 22.7 Å². The number of nitrogens with zero attached hydrogens (tertiary/aromatic N) is 4. The van der Waals surface area contributed by atoms with Crippen LogP contribution < -0.4 is 9.64 Å². The minimum Gasteiger partial charge on any atom is -0.406 e. The maximum atomic E-state index is 13.1. The van der Waals surface area contributed by atoms with Gasteiger partial charge >= 0.3 is 6.36 Å². The highest BCUT2D eigenvalue weighted by Crippen LogP contribution is 2.33. The molecule has 0 bridgehead atoms. The number of nitriles is 1. The zero-order valence-electron chi connectivity index (χ0n) is 16.1. The molecule has 0 unspecified atom stereocenters. The van der Waals surface area contributed by atoms with Gasteiger partial charge in [-0.2, -0.15) is 5.26 Å². The summed E-state index contributed by atoms with van der Waals surface area (Å²) in [4.78, 5) is 20.9. The number of halogens is 3. The molecule has 3 aromatic rings. The van der Waals surface area contributed by atoms with Crippen LogP contribution in [-0.2, 0) is 0 Å². The zero-order valence-corrected chi connectivity index (χ0v) is 16.9. The van der Waals surface area contributed by atoms with Crippen LogP contribution in [0.5, 0.6) is 5.75 Å². The lowest BCUT2D eigenvalue weighted by molar-refractivity contribution is -0.274. The van der Waals surface area contributed by atoms with E-state index in [0.717, 1.165) is 11.3 Å². The number of carbonyl (C=O) groups is 1. The summed E-state index contributed by atoms with van der Waals surface area (Å²) in [5.74, 6) is -0.657. The maximum absolute atomic E-state index is 13.1. The summed E-state index contributed by atoms with van der Waals surface area (Å²) in [6, 6.07) is 12.1. The number of thiazole rings is 1. The van der Waals surface area contributed by atoms with Gasteiger partial charge in [0.05, 0.1) is 21.8 Å². The van der Waals surface area contributed by atoms with Crippen LogP contribution in [0.3, 0.4) is 0 Å². The number of amides is 1. The third kappa shape index (κ3) is 5.25. The number of rotatable bonds is 6. The van der Waals surface area contributed by atoms with Gasteiger partial charge in [0, 0.05) is 24.7 Å². The van der Waals surface area contributed by atoms with Gasteiger partial charge in [0.15, 0.2) is 5.13 Å². The highest BCUT2D eigenvalue weighted by Gasteiger charge is 2.31. The van der Waals surface area contributed by atoms with Crippen LogP contribution in [0.2, 0.25) is 0 Å². The first-order chi connectivity index (χ1) is 14.2. The van der Waals surface area contributed by atoms with Crippen molar-refractivity contribution in [2.75, 3.05) is 32.1 Å². The van der Waals surface area contributed by atoms with Crippen LogP contribution in [0.1, 0.15) is 15.9 Å². The smallest absolute Gasteiger partial charge is 0.406 e. The summed E-state index contributed by atoms with van der Waals surface area (Å²) in [6.45, 7) is 0.887. The Morgan fingerprint density at radius 3 is 2.47 bits per heavy atom. The monoisotopic (exact) mass is 434 g/mol. The Labute approximate surface area is 174 Å². The Bertz CT molecular complexity index is 1090. The highest BCUT2D eigenvalue weighted by molar-refractivity contribution is 7.22. The molecule has 0 aliphatic heterocycles. The van der Waals surface area contributed by atoms with E-state index >= 15 is 0 Å². The molecule has 0 aliphatic rings. The summed E-state index contributed by atoms with van der Waals surface area (Å²) in [5.41, 5.74) is 1.28. The van der Waals surface area contributed by atoms with Crippen LogP contribution in [0.15, 0.2) is 42.5 Å². The second-order valence-electron chi connectivity index (χ2n) is 6.62. The largest absolute Gasteiger partial charge is 0.573 e. The molecule has 1 amide bonds. The molecule has 0 spiro atoms. The number of fused-ring (bicyclic) bond motifs is 1. The number of alkyl halides is 3. The normalized spacial score (nSPS) is 11.5. The summed E-state index contributed by atoms with van der Waals surface area (Å²) in [7, 11) is 3.73. The summed E-state index contributed by atoms with van der Waals surface area (Å²) in [6.07, 6.45) is -4.79. The topological polar surface area (TPSA) is 69.5 Å². The lowest BCUT2D eigenvalue weighted by Gasteiger charge is -2.22. The van der Waals surface area contributed by atoms with Crippen LogP contribution in [0.4, 0.5) is 18.3 Å². The summed E-state index contributed by atoms with van der Waals surface area (Å²) >= 11 is 1.10. The number of hydrogen-bond acceptors (Lipinski definition) is 6. The number of carbonyl (C=O) groups excluding carboxylic acids is 1. The van der Waals surface area contributed by atoms with E-state index in [9.17, 15) is 18.0 Å². The molecule has 1 aromatic heterocycles. The van der Waals surface area contributed by atoms with Crippen molar-refractivity contribution in [3.05, 3.63) is 53.6 Å². The minimum atomic E-state index is -4.79. The second-order valence-corrected chi connectivity index (χ2v) is 7.63. The van der Waals surface area contributed by atoms with Crippen molar-refractivity contribution in [3.8, 4) is 11.8 Å². The summed E-state index contributed by atoms with van der Waals surface area (Å²) < 4.78 is 41.9. The Hall–Kier alpha value is -3.16. The molecule has 30 heavy (non-hydrogen) atoms. The average molecular weight is 434 g/mol. The van der Waals surface area contributed by atoms with Gasteiger partial charge in [-0.1, -0.05) is 11.3 Å². The molecule has 156 valence electrons. The van der Waals surface area contributed by atoms with E-state index in [1.807, 2.05) is 25.1 Å². The van der Waals surface area contributed by atoms with Crippen molar-refractivity contribution in [2.24, 2.45) is 0 Å². The van der Waals surface area contributed by atoms with Crippen LogP contribution in [-0.4, -0.2) is 49.3 Å². The molecule has 0 saturated carbocycles. The van der Waals surface area contributed by atoms with Gasteiger partial charge in [0.2, 0.25) is 0 Å². The Kier molecular flexibility index (Phi) is 6.24. The Balaban J connectivity index is 1.95. The number of benzene rings is 2. The van der Waals surface area contributed by atoms with Crippen LogP contribution in [0.25, 0.3) is 10.2 Å². The second kappa shape index (κ2) is 8.69. The molecular formula is C20H17F3N4O2S. The van der Waals surface area contributed by atoms with E-state index in [-0.39, 0.29) is 11.7 Å². The predicted octanol–water partition coefficient (Wildman–Crippen LogP) is 4.27. The van der Waals surface area contributed by atoms with Crippen molar-refractivity contribution in [3.63, 3.8) is 0 Å². The van der Waals surface area contributed by atoms with Crippen molar-refractivity contribution in [1.29, 1.82) is 5.26 Å².